The van der Waals surface area contributed by atoms with Crippen molar-refractivity contribution in [1.82, 2.24) is 0 Å². The van der Waals surface area contributed by atoms with Crippen LogP contribution < -0.4 is 4.74 Å². The van der Waals surface area contributed by atoms with Crippen molar-refractivity contribution in [3.05, 3.63) is 29.3 Å². The van der Waals surface area contributed by atoms with Gasteiger partial charge in [0.25, 0.3) is 0 Å². The molecule has 1 rings (SSSR count). The molecule has 0 fully saturated rings. The molecule has 13 heavy (non-hydrogen) atoms. The number of hydrogen-bond acceptors (Lipinski definition) is 2. The Bertz CT molecular complexity index is 286. The van der Waals surface area contributed by atoms with Gasteiger partial charge in [-0.3, -0.25) is 0 Å². The minimum absolute atomic E-state index is 0.479. The number of aliphatic hydroxyl groups is 1. The first-order valence-corrected chi connectivity index (χ1v) is 4.08. The lowest BCUT2D eigenvalue weighted by Crippen LogP contribution is -2.00. The van der Waals surface area contributed by atoms with Gasteiger partial charge < -0.3 is 9.84 Å². The SMILES string of the molecule is COc1ccc(C(F)CO)c(C)c1. The van der Waals surface area contributed by atoms with Crippen LogP contribution in [0.15, 0.2) is 18.2 Å². The third-order valence-electron chi connectivity index (χ3n) is 1.97. The first-order chi connectivity index (χ1) is 6.19. The molecule has 0 aromatic heterocycles. The Hall–Kier alpha value is -1.09. The fraction of sp³-hybridized carbons (Fsp3) is 0.400. The van der Waals surface area contributed by atoms with Crippen LogP contribution in [0.2, 0.25) is 0 Å². The van der Waals surface area contributed by atoms with Crippen molar-refractivity contribution < 1.29 is 14.2 Å². The molecule has 2 nitrogen and oxygen atoms in total. The van der Waals surface area contributed by atoms with Gasteiger partial charge in [-0.15, -0.1) is 0 Å². The normalized spacial score (nSPS) is 12.6. The summed E-state index contributed by atoms with van der Waals surface area (Å²) in [6.45, 7) is 1.31. The maximum Gasteiger partial charge on any atom is 0.148 e. The molecule has 0 amide bonds. The Morgan fingerprint density at radius 2 is 2.23 bits per heavy atom. The minimum atomic E-state index is -1.30. The van der Waals surface area contributed by atoms with E-state index < -0.39 is 12.8 Å². The zero-order chi connectivity index (χ0) is 9.84. The van der Waals surface area contributed by atoms with Crippen molar-refractivity contribution in [2.75, 3.05) is 13.7 Å². The standard InChI is InChI=1S/C10H13FO2/c1-7-5-8(13-2)3-4-9(7)10(11)6-12/h3-5,10,12H,6H2,1-2H3. The second-order valence-corrected chi connectivity index (χ2v) is 2.87. The highest BCUT2D eigenvalue weighted by atomic mass is 19.1. The van der Waals surface area contributed by atoms with Crippen LogP contribution in [-0.2, 0) is 0 Å². The van der Waals surface area contributed by atoms with E-state index in [9.17, 15) is 4.39 Å². The zero-order valence-electron chi connectivity index (χ0n) is 7.75. The van der Waals surface area contributed by atoms with Crippen LogP contribution in [0.5, 0.6) is 5.75 Å². The van der Waals surface area contributed by atoms with Gasteiger partial charge in [-0.1, -0.05) is 6.07 Å². The maximum absolute atomic E-state index is 13.1. The molecule has 0 saturated heterocycles. The molecule has 1 atom stereocenters. The molecule has 1 N–H and O–H groups in total. The predicted molar refractivity (Wildman–Crippen MR) is 48.7 cm³/mol. The fourth-order valence-corrected chi connectivity index (χ4v) is 1.22. The molecular formula is C10H13FO2. The zero-order valence-corrected chi connectivity index (χ0v) is 7.75. The summed E-state index contributed by atoms with van der Waals surface area (Å²) in [5.41, 5.74) is 1.31. The number of methoxy groups -OCH3 is 1. The largest absolute Gasteiger partial charge is 0.497 e. The van der Waals surface area contributed by atoms with Gasteiger partial charge in [-0.25, -0.2) is 4.39 Å². The summed E-state index contributed by atoms with van der Waals surface area (Å²) >= 11 is 0. The van der Waals surface area contributed by atoms with Gasteiger partial charge in [-0.2, -0.15) is 0 Å². The first-order valence-electron chi connectivity index (χ1n) is 4.08. The van der Waals surface area contributed by atoms with Crippen LogP contribution in [-0.4, -0.2) is 18.8 Å². The average Bonchev–Trinajstić information content (AvgIpc) is 2.16. The van der Waals surface area contributed by atoms with E-state index in [0.29, 0.717) is 11.3 Å². The van der Waals surface area contributed by atoms with Crippen LogP contribution in [0.25, 0.3) is 0 Å². The Morgan fingerprint density at radius 1 is 1.54 bits per heavy atom. The van der Waals surface area contributed by atoms with Crippen LogP contribution in [0.1, 0.15) is 17.3 Å². The van der Waals surface area contributed by atoms with E-state index in [1.165, 1.54) is 0 Å². The number of rotatable bonds is 3. The van der Waals surface area contributed by atoms with Gasteiger partial charge in [0.2, 0.25) is 0 Å². The molecule has 0 bridgehead atoms. The van der Waals surface area contributed by atoms with Crippen LogP contribution in [0.3, 0.4) is 0 Å². The van der Waals surface area contributed by atoms with E-state index in [0.717, 1.165) is 5.56 Å². The van der Waals surface area contributed by atoms with Gasteiger partial charge in [-0.05, 0) is 30.2 Å². The topological polar surface area (TPSA) is 29.5 Å². The Balaban J connectivity index is 2.98. The van der Waals surface area contributed by atoms with E-state index in [-0.39, 0.29) is 0 Å². The molecule has 0 spiro atoms. The van der Waals surface area contributed by atoms with Crippen molar-refractivity contribution in [3.8, 4) is 5.75 Å². The summed E-state index contributed by atoms with van der Waals surface area (Å²) in [5, 5.41) is 8.63. The highest BCUT2D eigenvalue weighted by Crippen LogP contribution is 2.24. The third-order valence-corrected chi connectivity index (χ3v) is 1.97. The third kappa shape index (κ3) is 2.18. The molecule has 1 aromatic carbocycles. The number of aliphatic hydroxyl groups excluding tert-OH is 1. The van der Waals surface area contributed by atoms with Crippen molar-refractivity contribution >= 4 is 0 Å². The van der Waals surface area contributed by atoms with Gasteiger partial charge in [0.15, 0.2) is 0 Å². The predicted octanol–water partition coefficient (Wildman–Crippen LogP) is 2.01. The van der Waals surface area contributed by atoms with E-state index in [1.807, 2.05) is 0 Å². The number of ether oxygens (including phenoxy) is 1. The summed E-state index contributed by atoms with van der Waals surface area (Å²) in [5.74, 6) is 0.700. The highest BCUT2D eigenvalue weighted by Gasteiger charge is 2.10. The van der Waals surface area contributed by atoms with E-state index in [4.69, 9.17) is 9.84 Å². The molecule has 0 aliphatic carbocycles. The van der Waals surface area contributed by atoms with Gasteiger partial charge in [0.05, 0.1) is 13.7 Å². The molecule has 0 aliphatic heterocycles. The molecule has 1 unspecified atom stereocenters. The molecule has 3 heteroatoms. The number of alkyl halides is 1. The summed E-state index contributed by atoms with van der Waals surface area (Å²) in [7, 11) is 1.56. The highest BCUT2D eigenvalue weighted by molar-refractivity contribution is 5.36. The molecule has 0 radical (unpaired) electrons. The molecule has 72 valence electrons. The van der Waals surface area contributed by atoms with Crippen molar-refractivity contribution in [3.63, 3.8) is 0 Å². The van der Waals surface area contributed by atoms with E-state index in [2.05, 4.69) is 0 Å². The Kier molecular flexibility index (Phi) is 3.25. The quantitative estimate of drug-likeness (QED) is 0.778. The average molecular weight is 184 g/mol. The van der Waals surface area contributed by atoms with Gasteiger partial charge in [0, 0.05) is 0 Å². The Labute approximate surface area is 77.0 Å². The molecule has 0 heterocycles. The summed E-state index contributed by atoms with van der Waals surface area (Å²) in [6.07, 6.45) is -1.30. The van der Waals surface area contributed by atoms with Crippen molar-refractivity contribution in [2.24, 2.45) is 0 Å². The smallest absolute Gasteiger partial charge is 0.148 e. The number of halogens is 1. The van der Waals surface area contributed by atoms with Crippen LogP contribution in [0, 0.1) is 6.92 Å². The summed E-state index contributed by atoms with van der Waals surface area (Å²) in [4.78, 5) is 0. The monoisotopic (exact) mass is 184 g/mol. The van der Waals surface area contributed by atoms with Gasteiger partial charge in [0.1, 0.15) is 11.9 Å². The lowest BCUT2D eigenvalue weighted by atomic mass is 10.0. The maximum atomic E-state index is 13.1. The molecule has 0 aliphatic rings. The van der Waals surface area contributed by atoms with Crippen molar-refractivity contribution in [2.45, 2.75) is 13.1 Å². The molecule has 1 aromatic rings. The summed E-state index contributed by atoms with van der Waals surface area (Å²) < 4.78 is 18.0. The Morgan fingerprint density at radius 3 is 2.69 bits per heavy atom. The van der Waals surface area contributed by atoms with Gasteiger partial charge >= 0.3 is 0 Å². The summed E-state index contributed by atoms with van der Waals surface area (Å²) in [6, 6.07) is 5.07. The lowest BCUT2D eigenvalue weighted by molar-refractivity contribution is 0.179. The number of hydrogen-bond donors (Lipinski definition) is 1. The van der Waals surface area contributed by atoms with Crippen LogP contribution in [0.4, 0.5) is 4.39 Å². The lowest BCUT2D eigenvalue weighted by Gasteiger charge is -2.09. The second-order valence-electron chi connectivity index (χ2n) is 2.87. The fourth-order valence-electron chi connectivity index (χ4n) is 1.22. The second kappa shape index (κ2) is 4.23. The first kappa shape index (κ1) is 9.99. The van der Waals surface area contributed by atoms with Crippen molar-refractivity contribution in [1.29, 1.82) is 0 Å². The van der Waals surface area contributed by atoms with E-state index >= 15 is 0 Å². The minimum Gasteiger partial charge on any atom is -0.497 e. The number of benzene rings is 1. The van der Waals surface area contributed by atoms with E-state index in [1.54, 1.807) is 32.2 Å². The number of aryl methyl sites for hydroxylation is 1. The molecule has 0 saturated carbocycles. The molecular weight excluding hydrogens is 171 g/mol. The van der Waals surface area contributed by atoms with Crippen LogP contribution >= 0.6 is 0 Å².